The van der Waals surface area contributed by atoms with Crippen LogP contribution in [-0.2, 0) is 30.9 Å². The first kappa shape index (κ1) is 40.2. The van der Waals surface area contributed by atoms with Crippen LogP contribution in [0, 0.1) is 0 Å². The van der Waals surface area contributed by atoms with Crippen LogP contribution in [0.1, 0.15) is 111 Å². The first-order chi connectivity index (χ1) is 24.4. The number of nitrogens with one attached hydrogen (secondary N) is 5. The van der Waals surface area contributed by atoms with E-state index in [9.17, 15) is 19.2 Å². The number of esters is 1. The fourth-order valence-electron chi connectivity index (χ4n) is 6.08. The molecule has 0 bridgehead atoms. The Kier molecular flexibility index (Phi) is 13.0. The second-order valence-corrected chi connectivity index (χ2v) is 16.1. The van der Waals surface area contributed by atoms with Crippen LogP contribution in [0.5, 0.6) is 0 Å². The molecule has 1 aliphatic heterocycles. The lowest BCUT2D eigenvalue weighted by Gasteiger charge is -2.33. The van der Waals surface area contributed by atoms with Crippen molar-refractivity contribution in [3.8, 4) is 0 Å². The molecule has 7 N–H and O–H groups in total. The van der Waals surface area contributed by atoms with Crippen LogP contribution in [0.3, 0.4) is 0 Å². The molecule has 2 aromatic heterocycles. The van der Waals surface area contributed by atoms with Crippen LogP contribution in [-0.4, -0.2) is 86.8 Å². The Balaban J connectivity index is 1.51. The van der Waals surface area contributed by atoms with Gasteiger partial charge in [-0.25, -0.2) is 19.4 Å². The van der Waals surface area contributed by atoms with E-state index in [0.29, 0.717) is 69.7 Å². The zero-order chi connectivity index (χ0) is 38.3. The number of likely N-dealkylation sites (tertiary alicyclic amines) is 1. The van der Waals surface area contributed by atoms with Gasteiger partial charge in [0.2, 0.25) is 5.91 Å². The summed E-state index contributed by atoms with van der Waals surface area (Å²) in [7, 11) is 0. The number of aromatic amines is 2. The van der Waals surface area contributed by atoms with Gasteiger partial charge in [-0.1, -0.05) is 18.2 Å². The van der Waals surface area contributed by atoms with Crippen molar-refractivity contribution in [2.24, 2.45) is 5.73 Å². The largest absolute Gasteiger partial charge is 0.458 e. The molecule has 52 heavy (non-hydrogen) atoms. The summed E-state index contributed by atoms with van der Waals surface area (Å²) in [6.07, 6.45) is 6.50. The first-order valence-electron chi connectivity index (χ1n) is 18.3. The third-order valence-electron chi connectivity index (χ3n) is 8.98. The number of nitrogens with zero attached hydrogens (tertiary/aromatic N) is 2. The number of nitrogens with two attached hydrogens (primary N) is 1. The predicted molar refractivity (Wildman–Crippen MR) is 200 cm³/mol. The maximum atomic E-state index is 13.8. The highest BCUT2D eigenvalue weighted by Gasteiger charge is 2.37. The third kappa shape index (κ3) is 11.2. The lowest BCUT2D eigenvalue weighted by molar-refractivity contribution is -0.159. The number of carbonyl (C=O) groups is 4. The minimum absolute atomic E-state index is 0.0995. The second-order valence-electron chi connectivity index (χ2n) is 16.1. The van der Waals surface area contributed by atoms with Gasteiger partial charge in [-0.3, -0.25) is 4.79 Å². The van der Waals surface area contributed by atoms with Gasteiger partial charge < -0.3 is 46.0 Å². The number of unbranched alkanes of at least 4 members (excludes halogenated alkanes) is 1. The van der Waals surface area contributed by atoms with E-state index >= 15 is 0 Å². The molecule has 0 saturated carbocycles. The summed E-state index contributed by atoms with van der Waals surface area (Å²) in [6, 6.07) is 6.18. The van der Waals surface area contributed by atoms with E-state index in [1.54, 1.807) is 45.7 Å². The van der Waals surface area contributed by atoms with Gasteiger partial charge >= 0.3 is 18.1 Å². The molecule has 2 atom stereocenters. The number of rotatable bonds is 13. The summed E-state index contributed by atoms with van der Waals surface area (Å²) < 4.78 is 11.0. The number of amides is 4. The summed E-state index contributed by atoms with van der Waals surface area (Å²) in [5.74, 6) is -0.389. The highest BCUT2D eigenvalue weighted by Crippen LogP contribution is 2.28. The topological polar surface area (TPSA) is 197 Å². The molecule has 4 rings (SSSR count). The molecule has 0 radical (unpaired) electrons. The summed E-state index contributed by atoms with van der Waals surface area (Å²) in [5, 5.41) is 10.0. The van der Waals surface area contributed by atoms with E-state index in [1.165, 1.54) is 0 Å². The average molecular weight is 723 g/mol. The average Bonchev–Trinajstić information content (AvgIpc) is 3.71. The van der Waals surface area contributed by atoms with Gasteiger partial charge in [-0.05, 0) is 106 Å². The van der Waals surface area contributed by atoms with Crippen molar-refractivity contribution in [3.63, 3.8) is 0 Å². The van der Waals surface area contributed by atoms with Gasteiger partial charge in [0.1, 0.15) is 23.1 Å². The monoisotopic (exact) mass is 722 g/mol. The molecule has 3 heterocycles. The SMILES string of the molecule is CC(C)(C)OC(=O)NC1CCN(C(=O)N[C@H](Cc2c[nH]c3ccccc23)c2nc(C(C)(C)C(=O)N[C@H](CCCCN)C(=O)OC(C)(C)C)c[nH]2)CC1. The molecule has 14 heteroatoms. The quantitative estimate of drug-likeness (QED) is 0.103. The minimum Gasteiger partial charge on any atom is -0.458 e. The smallest absolute Gasteiger partial charge is 0.407 e. The van der Waals surface area contributed by atoms with E-state index in [4.69, 9.17) is 20.2 Å². The highest BCUT2D eigenvalue weighted by molar-refractivity contribution is 5.91. The Hall–Kier alpha value is -4.59. The molecule has 1 aromatic carbocycles. The van der Waals surface area contributed by atoms with Crippen LogP contribution in [0.15, 0.2) is 36.7 Å². The lowest BCUT2D eigenvalue weighted by atomic mass is 9.88. The molecule has 0 aliphatic carbocycles. The normalized spacial score (nSPS) is 15.5. The maximum absolute atomic E-state index is 13.8. The molecule has 286 valence electrons. The number of aromatic nitrogens is 3. The lowest BCUT2D eigenvalue weighted by Crippen LogP contribution is -2.50. The number of ether oxygens (including phenoxy) is 2. The summed E-state index contributed by atoms with van der Waals surface area (Å²) in [6.45, 7) is 15.7. The zero-order valence-corrected chi connectivity index (χ0v) is 32.0. The standard InChI is InChI=1S/C38H58N8O6/c1-36(2,3)51-32(47)28(15-11-12-18-39)43-33(48)38(7,8)30-23-41-31(45-30)29(21-24-22-40-27-14-10-9-13-26(24)27)44-34(49)46-19-16-25(17-20-46)42-35(50)52-37(4,5)6/h9-10,13-14,22-23,25,28-29,40H,11-12,15-21,39H2,1-8H3,(H,41,45)(H,42,50)(H,43,48)(H,44,49)/t28-,29-/m1/s1. The Morgan fingerprint density at radius 3 is 2.25 bits per heavy atom. The van der Waals surface area contributed by atoms with Crippen LogP contribution < -0.4 is 21.7 Å². The van der Waals surface area contributed by atoms with Crippen molar-refractivity contribution in [2.45, 2.75) is 129 Å². The maximum Gasteiger partial charge on any atom is 0.407 e. The Bertz CT molecular complexity index is 1680. The molecule has 14 nitrogen and oxygen atoms in total. The number of piperidine rings is 1. The summed E-state index contributed by atoms with van der Waals surface area (Å²) in [4.78, 5) is 66.0. The predicted octanol–water partition coefficient (Wildman–Crippen LogP) is 5.11. The Labute approximate surface area is 306 Å². The number of carbonyl (C=O) groups excluding carboxylic acids is 4. The number of imidazole rings is 1. The number of alkyl carbamates (subject to hydrolysis) is 1. The van der Waals surface area contributed by atoms with Crippen LogP contribution in [0.2, 0.25) is 0 Å². The van der Waals surface area contributed by atoms with Gasteiger partial charge in [0.15, 0.2) is 0 Å². The second kappa shape index (κ2) is 16.8. The number of hydrogen-bond donors (Lipinski definition) is 6. The molecule has 4 amide bonds. The van der Waals surface area contributed by atoms with Crippen molar-refractivity contribution in [1.29, 1.82) is 0 Å². The van der Waals surface area contributed by atoms with E-state index in [-0.39, 0.29) is 18.0 Å². The van der Waals surface area contributed by atoms with Crippen molar-refractivity contribution < 1.29 is 28.7 Å². The van der Waals surface area contributed by atoms with Crippen molar-refractivity contribution >= 4 is 34.9 Å². The van der Waals surface area contributed by atoms with Gasteiger partial charge in [-0.15, -0.1) is 0 Å². The third-order valence-corrected chi connectivity index (χ3v) is 8.98. The van der Waals surface area contributed by atoms with Gasteiger partial charge in [0.25, 0.3) is 0 Å². The van der Waals surface area contributed by atoms with E-state index in [0.717, 1.165) is 16.5 Å². The zero-order valence-electron chi connectivity index (χ0n) is 32.0. The number of hydrogen-bond acceptors (Lipinski definition) is 8. The van der Waals surface area contributed by atoms with Gasteiger partial charge in [-0.2, -0.15) is 0 Å². The fraction of sp³-hybridized carbons (Fsp3) is 0.605. The van der Waals surface area contributed by atoms with E-state index < -0.39 is 40.8 Å². The highest BCUT2D eigenvalue weighted by atomic mass is 16.6. The van der Waals surface area contributed by atoms with Crippen molar-refractivity contribution in [3.05, 3.63) is 53.7 Å². The van der Waals surface area contributed by atoms with Crippen LogP contribution in [0.25, 0.3) is 10.9 Å². The van der Waals surface area contributed by atoms with Gasteiger partial charge in [0, 0.05) is 48.8 Å². The van der Waals surface area contributed by atoms with Gasteiger partial charge in [0.05, 0.1) is 17.2 Å². The molecular formula is C38H58N8O6. The Morgan fingerprint density at radius 1 is 0.923 bits per heavy atom. The molecule has 3 aromatic rings. The van der Waals surface area contributed by atoms with Crippen LogP contribution in [0.4, 0.5) is 9.59 Å². The minimum atomic E-state index is -1.14. The van der Waals surface area contributed by atoms with E-state index in [2.05, 4.69) is 25.9 Å². The fourth-order valence-corrected chi connectivity index (χ4v) is 6.08. The summed E-state index contributed by atoms with van der Waals surface area (Å²) in [5.41, 5.74) is 5.67. The number of benzene rings is 1. The molecule has 0 spiro atoms. The van der Waals surface area contributed by atoms with E-state index in [1.807, 2.05) is 51.2 Å². The number of para-hydroxylation sites is 1. The molecule has 0 unspecified atom stereocenters. The first-order valence-corrected chi connectivity index (χ1v) is 18.3. The number of H-pyrrole nitrogens is 2. The molecule has 1 saturated heterocycles. The van der Waals surface area contributed by atoms with Crippen molar-refractivity contribution in [1.82, 2.24) is 35.8 Å². The molecule has 1 aliphatic rings. The number of fused-ring (bicyclic) bond motifs is 1. The Morgan fingerprint density at radius 2 is 1.60 bits per heavy atom. The molecular weight excluding hydrogens is 664 g/mol. The van der Waals surface area contributed by atoms with Crippen LogP contribution >= 0.6 is 0 Å². The number of urea groups is 1. The molecule has 1 fully saturated rings. The summed E-state index contributed by atoms with van der Waals surface area (Å²) >= 11 is 0. The van der Waals surface area contributed by atoms with Crippen molar-refractivity contribution in [2.75, 3.05) is 19.6 Å².